The highest BCUT2D eigenvalue weighted by molar-refractivity contribution is 9.11. The molecule has 0 radical (unpaired) electrons. The van der Waals surface area contributed by atoms with Gasteiger partial charge in [-0.25, -0.2) is 13.1 Å². The SMILES string of the molecule is CC[C@H](CO)NS(=O)(=O)c1c(N)cc(Br)cc1Br. The average molecular weight is 402 g/mol. The highest BCUT2D eigenvalue weighted by Crippen LogP contribution is 2.31. The number of aliphatic hydroxyl groups is 1. The minimum atomic E-state index is -3.76. The van der Waals surface area contributed by atoms with Crippen LogP contribution in [0.3, 0.4) is 0 Å². The minimum absolute atomic E-state index is 0.0161. The van der Waals surface area contributed by atoms with Crippen molar-refractivity contribution in [1.29, 1.82) is 0 Å². The monoisotopic (exact) mass is 400 g/mol. The van der Waals surface area contributed by atoms with Crippen LogP contribution >= 0.6 is 31.9 Å². The molecule has 0 saturated heterocycles. The fourth-order valence-electron chi connectivity index (χ4n) is 1.39. The number of nitrogens with two attached hydrogens (primary N) is 1. The molecule has 0 unspecified atom stereocenters. The highest BCUT2D eigenvalue weighted by atomic mass is 79.9. The summed E-state index contributed by atoms with van der Waals surface area (Å²) in [5.41, 5.74) is 5.86. The lowest BCUT2D eigenvalue weighted by Gasteiger charge is -2.16. The normalized spacial score (nSPS) is 13.6. The van der Waals surface area contributed by atoms with Crippen LogP contribution in [0.25, 0.3) is 0 Å². The number of benzene rings is 1. The maximum Gasteiger partial charge on any atom is 0.244 e. The lowest BCUT2D eigenvalue weighted by atomic mass is 10.3. The molecule has 1 aromatic carbocycles. The number of nitrogen functional groups attached to an aromatic ring is 1. The van der Waals surface area contributed by atoms with Crippen LogP contribution in [0.15, 0.2) is 26.0 Å². The number of halogens is 2. The Hall–Kier alpha value is -0.150. The van der Waals surface area contributed by atoms with Gasteiger partial charge in [-0.1, -0.05) is 22.9 Å². The van der Waals surface area contributed by atoms with Gasteiger partial charge in [-0.3, -0.25) is 0 Å². The van der Waals surface area contributed by atoms with Crippen molar-refractivity contribution in [2.24, 2.45) is 0 Å². The topological polar surface area (TPSA) is 92.4 Å². The first-order chi connectivity index (χ1) is 8.31. The molecule has 1 atom stereocenters. The molecular formula is C10H14Br2N2O3S. The van der Waals surface area contributed by atoms with E-state index in [0.29, 0.717) is 15.4 Å². The van der Waals surface area contributed by atoms with E-state index < -0.39 is 16.1 Å². The van der Waals surface area contributed by atoms with Crippen LogP contribution in [-0.4, -0.2) is 26.2 Å². The number of aliphatic hydroxyl groups excluding tert-OH is 1. The van der Waals surface area contributed by atoms with Gasteiger partial charge in [-0.05, 0) is 34.5 Å². The summed E-state index contributed by atoms with van der Waals surface area (Å²) in [5.74, 6) is 0. The number of hydrogen-bond acceptors (Lipinski definition) is 4. The number of sulfonamides is 1. The second kappa shape index (κ2) is 6.33. The van der Waals surface area contributed by atoms with Gasteiger partial charge in [-0.2, -0.15) is 0 Å². The maximum absolute atomic E-state index is 12.2. The zero-order valence-electron chi connectivity index (χ0n) is 9.65. The van der Waals surface area contributed by atoms with Gasteiger partial charge < -0.3 is 10.8 Å². The van der Waals surface area contributed by atoms with E-state index in [1.54, 1.807) is 13.0 Å². The van der Waals surface area contributed by atoms with Crippen molar-refractivity contribution < 1.29 is 13.5 Å². The van der Waals surface area contributed by atoms with Crippen molar-refractivity contribution in [3.05, 3.63) is 21.1 Å². The van der Waals surface area contributed by atoms with Crippen molar-refractivity contribution in [3.8, 4) is 0 Å². The lowest BCUT2D eigenvalue weighted by molar-refractivity contribution is 0.254. The highest BCUT2D eigenvalue weighted by Gasteiger charge is 2.24. The Morgan fingerprint density at radius 2 is 2.06 bits per heavy atom. The molecule has 1 aromatic rings. The van der Waals surface area contributed by atoms with E-state index in [2.05, 4.69) is 36.6 Å². The third-order valence-electron chi connectivity index (χ3n) is 2.34. The van der Waals surface area contributed by atoms with E-state index in [1.807, 2.05) is 0 Å². The van der Waals surface area contributed by atoms with Crippen molar-refractivity contribution in [2.75, 3.05) is 12.3 Å². The minimum Gasteiger partial charge on any atom is -0.398 e. The Morgan fingerprint density at radius 3 is 2.50 bits per heavy atom. The maximum atomic E-state index is 12.2. The standard InChI is InChI=1S/C10H14Br2N2O3S/c1-2-7(5-15)14-18(16,17)10-8(12)3-6(11)4-9(10)13/h3-4,7,14-15H,2,5,13H2,1H3/t7-/m1/s1. The number of nitrogens with one attached hydrogen (secondary N) is 1. The third-order valence-corrected chi connectivity index (χ3v) is 5.32. The fourth-order valence-corrected chi connectivity index (χ4v) is 4.77. The van der Waals surface area contributed by atoms with Crippen LogP contribution in [0.1, 0.15) is 13.3 Å². The van der Waals surface area contributed by atoms with Gasteiger partial charge in [0, 0.05) is 15.0 Å². The summed E-state index contributed by atoms with van der Waals surface area (Å²) in [6.45, 7) is 1.52. The smallest absolute Gasteiger partial charge is 0.244 e. The van der Waals surface area contributed by atoms with E-state index in [4.69, 9.17) is 10.8 Å². The molecule has 8 heteroatoms. The summed E-state index contributed by atoms with van der Waals surface area (Å²) >= 11 is 6.40. The lowest BCUT2D eigenvalue weighted by Crippen LogP contribution is -2.37. The van der Waals surface area contributed by atoms with Crippen LogP contribution in [0, 0.1) is 0 Å². The predicted octanol–water partition coefficient (Wildman–Crippen LogP) is 1.84. The molecule has 5 nitrogen and oxygen atoms in total. The first-order valence-corrected chi connectivity index (χ1v) is 8.26. The predicted molar refractivity (Wildman–Crippen MR) is 77.7 cm³/mol. The number of rotatable bonds is 5. The van der Waals surface area contributed by atoms with Gasteiger partial charge in [0.2, 0.25) is 10.0 Å². The summed E-state index contributed by atoms with van der Waals surface area (Å²) in [6, 6.07) is 2.59. The Kier molecular flexibility index (Phi) is 5.60. The van der Waals surface area contributed by atoms with Crippen molar-refractivity contribution in [2.45, 2.75) is 24.3 Å². The first-order valence-electron chi connectivity index (χ1n) is 5.19. The zero-order valence-corrected chi connectivity index (χ0v) is 13.6. The van der Waals surface area contributed by atoms with E-state index in [1.165, 1.54) is 6.07 Å². The molecule has 0 saturated carbocycles. The molecule has 0 aromatic heterocycles. The Bertz CT molecular complexity index is 507. The quantitative estimate of drug-likeness (QED) is 0.656. The van der Waals surface area contributed by atoms with Gasteiger partial charge in [0.1, 0.15) is 4.90 Å². The molecule has 0 aliphatic heterocycles. The van der Waals surface area contributed by atoms with Gasteiger partial charge in [0.05, 0.1) is 12.3 Å². The van der Waals surface area contributed by atoms with Crippen LogP contribution in [0.4, 0.5) is 5.69 Å². The summed E-state index contributed by atoms with van der Waals surface area (Å²) in [5, 5.41) is 9.04. The zero-order chi connectivity index (χ0) is 13.9. The summed E-state index contributed by atoms with van der Waals surface area (Å²) in [6.07, 6.45) is 0.490. The summed E-state index contributed by atoms with van der Waals surface area (Å²) in [4.78, 5) is -0.0161. The Labute approximate surface area is 123 Å². The Balaban J connectivity index is 3.21. The molecule has 0 fully saturated rings. The molecule has 0 heterocycles. The molecule has 18 heavy (non-hydrogen) atoms. The second-order valence-electron chi connectivity index (χ2n) is 3.71. The molecule has 102 valence electrons. The van der Waals surface area contributed by atoms with Gasteiger partial charge in [0.25, 0.3) is 0 Å². The molecular weight excluding hydrogens is 388 g/mol. The van der Waals surface area contributed by atoms with Crippen LogP contribution < -0.4 is 10.5 Å². The van der Waals surface area contributed by atoms with Gasteiger partial charge >= 0.3 is 0 Å². The molecule has 0 spiro atoms. The molecule has 0 amide bonds. The van der Waals surface area contributed by atoms with Crippen LogP contribution in [0.2, 0.25) is 0 Å². The van der Waals surface area contributed by atoms with E-state index >= 15 is 0 Å². The second-order valence-corrected chi connectivity index (χ2v) is 7.14. The molecule has 1 rings (SSSR count). The van der Waals surface area contributed by atoms with E-state index in [0.717, 1.165) is 0 Å². The molecule has 0 aliphatic rings. The summed E-state index contributed by atoms with van der Waals surface area (Å²) < 4.78 is 27.8. The van der Waals surface area contributed by atoms with Crippen molar-refractivity contribution >= 4 is 47.6 Å². The number of hydrogen-bond donors (Lipinski definition) is 3. The largest absolute Gasteiger partial charge is 0.398 e. The third kappa shape index (κ3) is 3.67. The molecule has 4 N–H and O–H groups in total. The first kappa shape index (κ1) is 15.9. The van der Waals surface area contributed by atoms with Crippen molar-refractivity contribution in [3.63, 3.8) is 0 Å². The Morgan fingerprint density at radius 1 is 1.44 bits per heavy atom. The molecule has 0 bridgehead atoms. The van der Waals surface area contributed by atoms with Crippen molar-refractivity contribution in [1.82, 2.24) is 4.72 Å². The van der Waals surface area contributed by atoms with E-state index in [-0.39, 0.29) is 17.2 Å². The van der Waals surface area contributed by atoms with E-state index in [9.17, 15) is 8.42 Å². The van der Waals surface area contributed by atoms with Crippen LogP contribution in [0.5, 0.6) is 0 Å². The average Bonchev–Trinajstić information content (AvgIpc) is 2.23. The van der Waals surface area contributed by atoms with Gasteiger partial charge in [0.15, 0.2) is 0 Å². The molecule has 0 aliphatic carbocycles. The van der Waals surface area contributed by atoms with Crippen LogP contribution in [-0.2, 0) is 10.0 Å². The number of anilines is 1. The summed E-state index contributed by atoms with van der Waals surface area (Å²) in [7, 11) is -3.76. The fraction of sp³-hybridized carbons (Fsp3) is 0.400. The van der Waals surface area contributed by atoms with Gasteiger partial charge in [-0.15, -0.1) is 0 Å².